The van der Waals surface area contributed by atoms with Gasteiger partial charge in [0.05, 0.1) is 16.0 Å². The molecule has 19 heavy (non-hydrogen) atoms. The summed E-state index contributed by atoms with van der Waals surface area (Å²) in [6.07, 6.45) is 0.760. The van der Waals surface area contributed by atoms with Crippen LogP contribution in [0.2, 0.25) is 5.02 Å². The molecular formula is C11H13ClFNO4S. The van der Waals surface area contributed by atoms with Crippen LogP contribution >= 0.6 is 11.6 Å². The molecule has 2 N–H and O–H groups in total. The Morgan fingerprint density at radius 3 is 2.63 bits per heavy atom. The van der Waals surface area contributed by atoms with Crippen LogP contribution in [0.3, 0.4) is 0 Å². The molecule has 5 nitrogen and oxygen atoms in total. The number of phenolic OH excluding ortho intramolecular Hbond substituents is 1. The fourth-order valence-electron chi connectivity index (χ4n) is 1.84. The molecular weight excluding hydrogens is 297 g/mol. The zero-order valence-corrected chi connectivity index (χ0v) is 11.5. The van der Waals surface area contributed by atoms with E-state index in [9.17, 15) is 17.9 Å². The van der Waals surface area contributed by atoms with Crippen molar-refractivity contribution in [2.75, 3.05) is 17.9 Å². The number of rotatable bonds is 3. The lowest BCUT2D eigenvalue weighted by molar-refractivity contribution is 0.0984. The van der Waals surface area contributed by atoms with E-state index in [1.54, 1.807) is 0 Å². The van der Waals surface area contributed by atoms with E-state index in [-0.39, 0.29) is 10.7 Å². The summed E-state index contributed by atoms with van der Waals surface area (Å²) < 4.78 is 44.6. The van der Waals surface area contributed by atoms with Crippen LogP contribution in [0.4, 0.5) is 10.1 Å². The molecule has 1 aromatic carbocycles. The van der Waals surface area contributed by atoms with Gasteiger partial charge >= 0.3 is 0 Å². The van der Waals surface area contributed by atoms with E-state index >= 15 is 0 Å². The first-order chi connectivity index (χ1) is 8.90. The minimum atomic E-state index is -3.66. The Morgan fingerprint density at radius 2 is 2.00 bits per heavy atom. The summed E-state index contributed by atoms with van der Waals surface area (Å²) in [6, 6.07) is 1.81. The summed E-state index contributed by atoms with van der Waals surface area (Å²) in [5.74, 6) is -1.31. The third kappa shape index (κ3) is 3.29. The Kier molecular flexibility index (Phi) is 4.17. The van der Waals surface area contributed by atoms with Gasteiger partial charge in [-0.25, -0.2) is 12.8 Å². The lowest BCUT2D eigenvalue weighted by atomic mass is 10.2. The molecule has 0 bridgehead atoms. The van der Waals surface area contributed by atoms with Crippen molar-refractivity contribution in [2.24, 2.45) is 0 Å². The summed E-state index contributed by atoms with van der Waals surface area (Å²) >= 11 is 5.56. The van der Waals surface area contributed by atoms with Gasteiger partial charge in [-0.3, -0.25) is 4.72 Å². The molecule has 0 unspecified atom stereocenters. The zero-order chi connectivity index (χ0) is 14.0. The topological polar surface area (TPSA) is 75.6 Å². The van der Waals surface area contributed by atoms with Gasteiger partial charge in [-0.05, 0) is 18.9 Å². The predicted molar refractivity (Wildman–Crippen MR) is 69.5 cm³/mol. The van der Waals surface area contributed by atoms with Gasteiger partial charge in [0, 0.05) is 19.3 Å². The molecule has 0 aromatic heterocycles. The van der Waals surface area contributed by atoms with Gasteiger partial charge in [0.25, 0.3) is 0 Å². The second-order valence-corrected chi connectivity index (χ2v) is 6.61. The molecule has 2 rings (SSSR count). The molecule has 0 radical (unpaired) electrons. The number of anilines is 1. The lowest BCUT2D eigenvalue weighted by Gasteiger charge is -2.23. The van der Waals surface area contributed by atoms with E-state index < -0.39 is 26.8 Å². The number of hydrogen-bond donors (Lipinski definition) is 2. The van der Waals surface area contributed by atoms with Crippen LogP contribution in [0.1, 0.15) is 12.8 Å². The standard InChI is InChI=1S/C11H13ClFNO4S/c12-8-5-10(11(15)6-9(8)13)14-19(16,17)7-1-3-18-4-2-7/h5-7,14-15H,1-4H2. The van der Waals surface area contributed by atoms with E-state index in [1.165, 1.54) is 0 Å². The van der Waals surface area contributed by atoms with Gasteiger partial charge in [-0.15, -0.1) is 0 Å². The summed E-state index contributed by atoms with van der Waals surface area (Å²) in [4.78, 5) is 0. The Balaban J connectivity index is 2.22. The minimum absolute atomic E-state index is 0.127. The van der Waals surface area contributed by atoms with Crippen molar-refractivity contribution in [1.29, 1.82) is 0 Å². The van der Waals surface area contributed by atoms with Crippen molar-refractivity contribution >= 4 is 27.3 Å². The zero-order valence-electron chi connectivity index (χ0n) is 9.90. The average Bonchev–Trinajstić information content (AvgIpc) is 2.37. The van der Waals surface area contributed by atoms with Crippen LogP contribution in [0.15, 0.2) is 12.1 Å². The highest BCUT2D eigenvalue weighted by Crippen LogP contribution is 2.31. The molecule has 1 heterocycles. The molecule has 106 valence electrons. The molecule has 0 spiro atoms. The largest absolute Gasteiger partial charge is 0.506 e. The van der Waals surface area contributed by atoms with Gasteiger partial charge in [0.1, 0.15) is 11.6 Å². The third-order valence-electron chi connectivity index (χ3n) is 2.90. The second-order valence-electron chi connectivity index (χ2n) is 4.24. The molecule has 1 saturated heterocycles. The number of aromatic hydroxyl groups is 1. The number of phenols is 1. The number of hydrogen-bond acceptors (Lipinski definition) is 4. The molecule has 0 saturated carbocycles. The second kappa shape index (κ2) is 5.52. The van der Waals surface area contributed by atoms with Crippen molar-refractivity contribution < 1.29 is 22.7 Å². The molecule has 1 aliphatic heterocycles. The first-order valence-corrected chi connectivity index (χ1v) is 7.60. The number of benzene rings is 1. The minimum Gasteiger partial charge on any atom is -0.506 e. The SMILES string of the molecule is O=S(=O)(Nc1cc(Cl)c(F)cc1O)C1CCOCC1. The number of ether oxygens (including phenoxy) is 1. The Hall–Kier alpha value is -1.05. The molecule has 1 fully saturated rings. The maximum Gasteiger partial charge on any atom is 0.235 e. The molecule has 1 aromatic rings. The summed E-state index contributed by atoms with van der Waals surface area (Å²) in [5, 5.41) is 8.67. The highest BCUT2D eigenvalue weighted by atomic mass is 35.5. The van der Waals surface area contributed by atoms with E-state index in [4.69, 9.17) is 16.3 Å². The van der Waals surface area contributed by atoms with Crippen molar-refractivity contribution in [3.05, 3.63) is 23.0 Å². The number of nitrogens with one attached hydrogen (secondary N) is 1. The molecule has 0 atom stereocenters. The van der Waals surface area contributed by atoms with Crippen molar-refractivity contribution in [3.63, 3.8) is 0 Å². The normalized spacial score (nSPS) is 17.4. The number of halogens is 2. The Bertz CT molecular complexity index is 572. The Morgan fingerprint density at radius 1 is 1.37 bits per heavy atom. The van der Waals surface area contributed by atoms with Gasteiger partial charge in [-0.1, -0.05) is 11.6 Å². The number of sulfonamides is 1. The fourth-order valence-corrected chi connectivity index (χ4v) is 3.45. The molecule has 1 aliphatic rings. The first kappa shape index (κ1) is 14.4. The third-order valence-corrected chi connectivity index (χ3v) is 5.04. The highest BCUT2D eigenvalue weighted by molar-refractivity contribution is 7.93. The van der Waals surface area contributed by atoms with E-state index in [0.717, 1.165) is 12.1 Å². The maximum absolute atomic E-state index is 13.1. The quantitative estimate of drug-likeness (QED) is 0.839. The maximum atomic E-state index is 13.1. The van der Waals surface area contributed by atoms with E-state index in [0.29, 0.717) is 26.1 Å². The van der Waals surface area contributed by atoms with Crippen LogP contribution in [0, 0.1) is 5.82 Å². The smallest absolute Gasteiger partial charge is 0.235 e. The van der Waals surface area contributed by atoms with Crippen molar-refractivity contribution in [1.82, 2.24) is 0 Å². The van der Waals surface area contributed by atoms with Crippen molar-refractivity contribution in [3.8, 4) is 5.75 Å². The van der Waals surface area contributed by atoms with Crippen LogP contribution < -0.4 is 4.72 Å². The first-order valence-electron chi connectivity index (χ1n) is 5.67. The summed E-state index contributed by atoms with van der Waals surface area (Å²) in [6.45, 7) is 0.753. The molecule has 8 heteroatoms. The molecule has 0 aliphatic carbocycles. The monoisotopic (exact) mass is 309 g/mol. The fraction of sp³-hybridized carbons (Fsp3) is 0.455. The van der Waals surface area contributed by atoms with Gasteiger partial charge in [-0.2, -0.15) is 0 Å². The Labute approximate surface area is 115 Å². The van der Waals surface area contributed by atoms with Crippen LogP contribution in [-0.4, -0.2) is 32.0 Å². The van der Waals surface area contributed by atoms with Crippen LogP contribution in [-0.2, 0) is 14.8 Å². The van der Waals surface area contributed by atoms with E-state index in [2.05, 4.69) is 4.72 Å². The van der Waals surface area contributed by atoms with Gasteiger partial charge in [0.2, 0.25) is 10.0 Å². The van der Waals surface area contributed by atoms with Crippen LogP contribution in [0.5, 0.6) is 5.75 Å². The lowest BCUT2D eigenvalue weighted by Crippen LogP contribution is -2.33. The van der Waals surface area contributed by atoms with Gasteiger partial charge < -0.3 is 9.84 Å². The van der Waals surface area contributed by atoms with Gasteiger partial charge in [0.15, 0.2) is 0 Å². The predicted octanol–water partition coefficient (Wildman–Crippen LogP) is 2.11. The molecule has 0 amide bonds. The van der Waals surface area contributed by atoms with Crippen LogP contribution in [0.25, 0.3) is 0 Å². The van der Waals surface area contributed by atoms with Crippen molar-refractivity contribution in [2.45, 2.75) is 18.1 Å². The summed E-state index contributed by atoms with van der Waals surface area (Å²) in [7, 11) is -3.66. The average molecular weight is 310 g/mol. The van der Waals surface area contributed by atoms with E-state index in [1.807, 2.05) is 0 Å². The highest BCUT2D eigenvalue weighted by Gasteiger charge is 2.28. The summed E-state index contributed by atoms with van der Waals surface area (Å²) in [5.41, 5.74) is -0.127.